The van der Waals surface area contributed by atoms with Gasteiger partial charge in [0.15, 0.2) is 9.84 Å². The number of hydrogen-bond acceptors (Lipinski definition) is 4. The van der Waals surface area contributed by atoms with E-state index in [1.165, 1.54) is 0 Å². The second-order valence-corrected chi connectivity index (χ2v) is 6.23. The number of carboxylic acids is 1. The molecule has 8 heteroatoms. The van der Waals surface area contributed by atoms with Gasteiger partial charge < -0.3 is 10.4 Å². The number of benzene rings is 1. The molecule has 110 valence electrons. The quantitative estimate of drug-likeness (QED) is 0.774. The second-order valence-electron chi connectivity index (χ2n) is 4.21. The average molecular weight is 303 g/mol. The lowest BCUT2D eigenvalue weighted by molar-refractivity contribution is -0.137. The first kappa shape index (κ1) is 16.1. The highest BCUT2D eigenvalue weighted by molar-refractivity contribution is 7.90. The zero-order valence-corrected chi connectivity index (χ0v) is 11.5. The number of anilines is 1. The van der Waals surface area contributed by atoms with E-state index in [2.05, 4.69) is 5.32 Å². The van der Waals surface area contributed by atoms with Crippen molar-refractivity contribution in [2.24, 2.45) is 0 Å². The first-order valence-corrected chi connectivity index (χ1v) is 7.60. The Morgan fingerprint density at radius 1 is 1.30 bits per heavy atom. The number of halogens is 1. The molecule has 20 heavy (non-hydrogen) atoms. The fraction of sp³-hybridized carbons (Fsp3) is 0.333. The van der Waals surface area contributed by atoms with Gasteiger partial charge in [-0.1, -0.05) is 0 Å². The van der Waals surface area contributed by atoms with E-state index in [-0.39, 0.29) is 29.8 Å². The topological polar surface area (TPSA) is 101 Å². The van der Waals surface area contributed by atoms with Crippen LogP contribution in [0.15, 0.2) is 23.1 Å². The van der Waals surface area contributed by atoms with E-state index in [0.29, 0.717) is 0 Å². The van der Waals surface area contributed by atoms with Crippen LogP contribution in [0.2, 0.25) is 0 Å². The molecule has 1 amide bonds. The molecule has 0 radical (unpaired) electrons. The zero-order chi connectivity index (χ0) is 15.3. The second kappa shape index (κ2) is 6.47. The van der Waals surface area contributed by atoms with E-state index in [1.807, 2.05) is 0 Å². The smallest absolute Gasteiger partial charge is 0.303 e. The Balaban J connectivity index is 2.77. The van der Waals surface area contributed by atoms with Crippen LogP contribution in [0.25, 0.3) is 0 Å². The molecule has 0 saturated carbocycles. The number of aliphatic carboxylic acids is 1. The van der Waals surface area contributed by atoms with Crippen molar-refractivity contribution in [3.05, 3.63) is 24.0 Å². The molecule has 1 aromatic carbocycles. The maximum Gasteiger partial charge on any atom is 0.303 e. The van der Waals surface area contributed by atoms with Crippen LogP contribution in [0.5, 0.6) is 0 Å². The molecule has 0 aliphatic rings. The summed E-state index contributed by atoms with van der Waals surface area (Å²) in [5.41, 5.74) is -0.242. The molecule has 2 N–H and O–H groups in total. The number of carboxylic acid groups (broad SMARTS) is 1. The maximum absolute atomic E-state index is 13.5. The van der Waals surface area contributed by atoms with Crippen LogP contribution in [0, 0.1) is 5.82 Å². The third kappa shape index (κ3) is 4.96. The Morgan fingerprint density at radius 2 is 1.95 bits per heavy atom. The standard InChI is InChI=1S/C12H14FNO5S/c1-20(18,19)8-5-6-9(13)10(7-8)14-11(15)3-2-4-12(16)17/h5-7H,2-4H2,1H3,(H,14,15)(H,16,17). The minimum atomic E-state index is -3.50. The van der Waals surface area contributed by atoms with E-state index in [0.717, 1.165) is 24.5 Å². The van der Waals surface area contributed by atoms with E-state index in [4.69, 9.17) is 5.11 Å². The van der Waals surface area contributed by atoms with Gasteiger partial charge in [0.2, 0.25) is 5.91 Å². The number of amides is 1. The van der Waals surface area contributed by atoms with E-state index in [1.54, 1.807) is 0 Å². The molecule has 1 rings (SSSR count). The van der Waals surface area contributed by atoms with Crippen LogP contribution in [-0.2, 0) is 19.4 Å². The number of rotatable bonds is 6. The minimum Gasteiger partial charge on any atom is -0.481 e. The Morgan fingerprint density at radius 3 is 2.50 bits per heavy atom. The molecule has 0 saturated heterocycles. The Labute approximate surface area is 115 Å². The summed E-state index contributed by atoms with van der Waals surface area (Å²) in [7, 11) is -3.50. The molecular formula is C12H14FNO5S. The number of carbonyl (C=O) groups is 2. The molecule has 0 unspecified atom stereocenters. The van der Waals surface area contributed by atoms with Gasteiger partial charge in [-0.15, -0.1) is 0 Å². The first-order chi connectivity index (χ1) is 9.20. The molecule has 0 aliphatic heterocycles. The van der Waals surface area contributed by atoms with Crippen LogP contribution in [0.3, 0.4) is 0 Å². The van der Waals surface area contributed by atoms with Crippen molar-refractivity contribution in [2.75, 3.05) is 11.6 Å². The summed E-state index contributed by atoms with van der Waals surface area (Å²) in [6.45, 7) is 0. The largest absolute Gasteiger partial charge is 0.481 e. The van der Waals surface area contributed by atoms with Crippen LogP contribution >= 0.6 is 0 Å². The predicted molar refractivity (Wildman–Crippen MR) is 69.6 cm³/mol. The van der Waals surface area contributed by atoms with Gasteiger partial charge in [0.25, 0.3) is 0 Å². The molecule has 0 atom stereocenters. The third-order valence-corrected chi connectivity index (χ3v) is 3.54. The van der Waals surface area contributed by atoms with Crippen LogP contribution in [0.4, 0.5) is 10.1 Å². The van der Waals surface area contributed by atoms with Crippen molar-refractivity contribution in [2.45, 2.75) is 24.2 Å². The highest BCUT2D eigenvalue weighted by atomic mass is 32.2. The molecule has 0 spiro atoms. The van der Waals surface area contributed by atoms with Gasteiger partial charge in [0.1, 0.15) is 5.82 Å². The SMILES string of the molecule is CS(=O)(=O)c1ccc(F)c(NC(=O)CCCC(=O)O)c1. The van der Waals surface area contributed by atoms with Crippen molar-refractivity contribution < 1.29 is 27.5 Å². The van der Waals surface area contributed by atoms with Crippen molar-refractivity contribution in [3.8, 4) is 0 Å². The summed E-state index contributed by atoms with van der Waals surface area (Å²) in [6.07, 6.45) is 0.835. The van der Waals surface area contributed by atoms with Crippen LogP contribution in [0.1, 0.15) is 19.3 Å². The monoisotopic (exact) mass is 303 g/mol. The fourth-order valence-electron chi connectivity index (χ4n) is 1.44. The summed E-state index contributed by atoms with van der Waals surface area (Å²) < 4.78 is 36.1. The lowest BCUT2D eigenvalue weighted by Crippen LogP contribution is -2.13. The summed E-state index contributed by atoms with van der Waals surface area (Å²) in [5, 5.41) is 10.7. The average Bonchev–Trinajstić information content (AvgIpc) is 2.30. The van der Waals surface area contributed by atoms with Gasteiger partial charge in [-0.2, -0.15) is 0 Å². The molecule has 0 bridgehead atoms. The first-order valence-electron chi connectivity index (χ1n) is 5.71. The number of nitrogens with one attached hydrogen (secondary N) is 1. The molecule has 0 heterocycles. The van der Waals surface area contributed by atoms with Gasteiger partial charge in [0.05, 0.1) is 10.6 Å². The molecular weight excluding hydrogens is 289 g/mol. The Bertz CT molecular complexity index is 627. The Kier molecular flexibility index (Phi) is 5.20. The van der Waals surface area contributed by atoms with Crippen LogP contribution in [-0.4, -0.2) is 31.7 Å². The Hall–Kier alpha value is -1.96. The molecule has 0 aliphatic carbocycles. The van der Waals surface area contributed by atoms with Crippen molar-refractivity contribution in [1.29, 1.82) is 0 Å². The van der Waals surface area contributed by atoms with Gasteiger partial charge in [-0.25, -0.2) is 12.8 Å². The predicted octanol–water partition coefficient (Wildman–Crippen LogP) is 1.42. The van der Waals surface area contributed by atoms with E-state index < -0.39 is 27.5 Å². The van der Waals surface area contributed by atoms with Gasteiger partial charge in [-0.05, 0) is 24.6 Å². The third-order valence-electron chi connectivity index (χ3n) is 2.43. The summed E-state index contributed by atoms with van der Waals surface area (Å²) in [5.74, 6) is -2.36. The summed E-state index contributed by atoms with van der Waals surface area (Å²) in [6, 6.07) is 3.08. The number of carbonyl (C=O) groups excluding carboxylic acids is 1. The van der Waals surface area contributed by atoms with E-state index in [9.17, 15) is 22.4 Å². The zero-order valence-electron chi connectivity index (χ0n) is 10.7. The molecule has 6 nitrogen and oxygen atoms in total. The lowest BCUT2D eigenvalue weighted by Gasteiger charge is -2.07. The van der Waals surface area contributed by atoms with Crippen LogP contribution < -0.4 is 5.32 Å². The van der Waals surface area contributed by atoms with Crippen molar-refractivity contribution >= 4 is 27.4 Å². The molecule has 0 fully saturated rings. The normalized spacial score (nSPS) is 11.1. The number of hydrogen-bond donors (Lipinski definition) is 2. The van der Waals surface area contributed by atoms with Gasteiger partial charge >= 0.3 is 5.97 Å². The van der Waals surface area contributed by atoms with Gasteiger partial charge in [-0.3, -0.25) is 9.59 Å². The number of sulfone groups is 1. The lowest BCUT2D eigenvalue weighted by atomic mass is 10.2. The maximum atomic E-state index is 13.5. The molecule has 0 aromatic heterocycles. The van der Waals surface area contributed by atoms with Crippen molar-refractivity contribution in [1.82, 2.24) is 0 Å². The highest BCUT2D eigenvalue weighted by Crippen LogP contribution is 2.19. The van der Waals surface area contributed by atoms with E-state index >= 15 is 0 Å². The van der Waals surface area contributed by atoms with Gasteiger partial charge in [0, 0.05) is 19.1 Å². The fourth-order valence-corrected chi connectivity index (χ4v) is 2.09. The van der Waals surface area contributed by atoms with Crippen molar-refractivity contribution in [3.63, 3.8) is 0 Å². The summed E-state index contributed by atoms with van der Waals surface area (Å²) >= 11 is 0. The molecule has 1 aromatic rings. The highest BCUT2D eigenvalue weighted by Gasteiger charge is 2.13. The summed E-state index contributed by atoms with van der Waals surface area (Å²) in [4.78, 5) is 21.7. The minimum absolute atomic E-state index is 0.0884.